The SMILES string of the molecule is N=N/C(=C\NCCCCCCCCNCc1ccccc1-c1ccccc1)c1cccnc1. The van der Waals surface area contributed by atoms with Gasteiger partial charge in [-0.2, -0.15) is 5.11 Å². The second-order valence-electron chi connectivity index (χ2n) is 8.16. The molecular formula is C28H35N5. The number of hydrogen-bond acceptors (Lipinski definition) is 5. The van der Waals surface area contributed by atoms with Crippen molar-refractivity contribution in [3.8, 4) is 11.1 Å². The minimum atomic E-state index is 0.613. The monoisotopic (exact) mass is 441 g/mol. The van der Waals surface area contributed by atoms with E-state index in [-0.39, 0.29) is 0 Å². The lowest BCUT2D eigenvalue weighted by Crippen LogP contribution is -2.15. The van der Waals surface area contributed by atoms with E-state index in [1.165, 1.54) is 48.8 Å². The van der Waals surface area contributed by atoms with Gasteiger partial charge in [0.25, 0.3) is 0 Å². The summed E-state index contributed by atoms with van der Waals surface area (Å²) in [4.78, 5) is 4.07. The second-order valence-corrected chi connectivity index (χ2v) is 8.16. The van der Waals surface area contributed by atoms with Gasteiger partial charge in [0, 0.05) is 37.2 Å². The molecule has 0 spiro atoms. The Morgan fingerprint density at radius 1 is 0.818 bits per heavy atom. The first kappa shape index (κ1) is 24.3. The van der Waals surface area contributed by atoms with Crippen LogP contribution in [0.4, 0.5) is 0 Å². The normalized spacial score (nSPS) is 11.3. The molecule has 0 fully saturated rings. The van der Waals surface area contributed by atoms with Crippen molar-refractivity contribution in [3.63, 3.8) is 0 Å². The Kier molecular flexibility index (Phi) is 10.8. The van der Waals surface area contributed by atoms with E-state index in [0.717, 1.165) is 31.6 Å². The number of aromatic nitrogens is 1. The summed E-state index contributed by atoms with van der Waals surface area (Å²) >= 11 is 0. The Hall–Kier alpha value is -3.31. The van der Waals surface area contributed by atoms with E-state index in [9.17, 15) is 0 Å². The summed E-state index contributed by atoms with van der Waals surface area (Å²) < 4.78 is 0. The highest BCUT2D eigenvalue weighted by Gasteiger charge is 2.03. The predicted octanol–water partition coefficient (Wildman–Crippen LogP) is 6.80. The Bertz CT molecular complexity index is 970. The first-order chi connectivity index (χ1) is 16.4. The highest BCUT2D eigenvalue weighted by molar-refractivity contribution is 5.67. The van der Waals surface area contributed by atoms with Gasteiger partial charge in [0.2, 0.25) is 0 Å². The molecule has 0 aliphatic carbocycles. The molecule has 1 heterocycles. The van der Waals surface area contributed by atoms with Crippen LogP contribution in [0.1, 0.15) is 49.7 Å². The fourth-order valence-electron chi connectivity index (χ4n) is 3.84. The largest absolute Gasteiger partial charge is 0.389 e. The van der Waals surface area contributed by atoms with Crippen molar-refractivity contribution in [1.29, 1.82) is 5.53 Å². The van der Waals surface area contributed by atoms with Crippen LogP contribution < -0.4 is 10.6 Å². The molecular weight excluding hydrogens is 406 g/mol. The average molecular weight is 442 g/mol. The second kappa shape index (κ2) is 14.7. The molecule has 172 valence electrons. The lowest BCUT2D eigenvalue weighted by Gasteiger charge is -2.11. The van der Waals surface area contributed by atoms with Crippen molar-refractivity contribution in [1.82, 2.24) is 15.6 Å². The van der Waals surface area contributed by atoms with Crippen molar-refractivity contribution < 1.29 is 0 Å². The maximum Gasteiger partial charge on any atom is 0.109 e. The number of hydrogen-bond donors (Lipinski definition) is 3. The number of benzene rings is 2. The molecule has 5 heteroatoms. The number of rotatable bonds is 15. The van der Waals surface area contributed by atoms with Crippen LogP contribution in [0, 0.1) is 5.53 Å². The van der Waals surface area contributed by atoms with Gasteiger partial charge in [0.05, 0.1) is 0 Å². The molecule has 0 saturated heterocycles. The molecule has 0 bridgehead atoms. The van der Waals surface area contributed by atoms with E-state index in [1.54, 1.807) is 12.4 Å². The average Bonchev–Trinajstić information content (AvgIpc) is 2.88. The molecule has 0 aliphatic rings. The van der Waals surface area contributed by atoms with Crippen molar-refractivity contribution in [2.24, 2.45) is 5.11 Å². The first-order valence-electron chi connectivity index (χ1n) is 11.9. The zero-order valence-electron chi connectivity index (χ0n) is 19.3. The Morgan fingerprint density at radius 2 is 1.55 bits per heavy atom. The van der Waals surface area contributed by atoms with Gasteiger partial charge in [0.15, 0.2) is 0 Å². The van der Waals surface area contributed by atoms with Crippen LogP contribution in [0.2, 0.25) is 0 Å². The third kappa shape index (κ3) is 8.62. The topological polar surface area (TPSA) is 73.2 Å². The van der Waals surface area contributed by atoms with Crippen molar-refractivity contribution in [2.75, 3.05) is 13.1 Å². The van der Waals surface area contributed by atoms with Gasteiger partial charge < -0.3 is 10.6 Å². The molecule has 33 heavy (non-hydrogen) atoms. The molecule has 0 atom stereocenters. The van der Waals surface area contributed by atoms with E-state index in [4.69, 9.17) is 5.53 Å². The quantitative estimate of drug-likeness (QED) is 0.179. The summed E-state index contributed by atoms with van der Waals surface area (Å²) in [6.07, 6.45) is 12.6. The molecule has 5 nitrogen and oxygen atoms in total. The maximum absolute atomic E-state index is 7.32. The van der Waals surface area contributed by atoms with Gasteiger partial charge in [0.1, 0.15) is 5.70 Å². The van der Waals surface area contributed by atoms with Crippen LogP contribution in [-0.2, 0) is 6.54 Å². The minimum Gasteiger partial charge on any atom is -0.389 e. The van der Waals surface area contributed by atoms with Crippen molar-refractivity contribution in [2.45, 2.75) is 45.1 Å². The third-order valence-electron chi connectivity index (χ3n) is 5.66. The lowest BCUT2D eigenvalue weighted by atomic mass is 10.00. The van der Waals surface area contributed by atoms with Crippen LogP contribution in [0.15, 0.2) is 90.4 Å². The highest BCUT2D eigenvalue weighted by Crippen LogP contribution is 2.23. The van der Waals surface area contributed by atoms with E-state index < -0.39 is 0 Å². The summed E-state index contributed by atoms with van der Waals surface area (Å²) in [5, 5.41) is 10.5. The molecule has 1 aromatic heterocycles. The molecule has 0 amide bonds. The fraction of sp³-hybridized carbons (Fsp3) is 0.321. The number of unbranched alkanes of at least 4 members (excludes halogenated alkanes) is 5. The van der Waals surface area contributed by atoms with E-state index >= 15 is 0 Å². The molecule has 3 rings (SSSR count). The van der Waals surface area contributed by atoms with E-state index in [0.29, 0.717) is 5.70 Å². The van der Waals surface area contributed by atoms with Crippen molar-refractivity contribution >= 4 is 5.70 Å². The Balaban J connectivity index is 1.22. The first-order valence-corrected chi connectivity index (χ1v) is 11.9. The summed E-state index contributed by atoms with van der Waals surface area (Å²) in [6, 6.07) is 23.0. The van der Waals surface area contributed by atoms with Gasteiger partial charge >= 0.3 is 0 Å². The van der Waals surface area contributed by atoms with Gasteiger partial charge in [-0.25, -0.2) is 5.53 Å². The molecule has 3 N–H and O–H groups in total. The Morgan fingerprint density at radius 3 is 2.30 bits per heavy atom. The lowest BCUT2D eigenvalue weighted by molar-refractivity contribution is 0.561. The van der Waals surface area contributed by atoms with Crippen LogP contribution in [0.25, 0.3) is 16.8 Å². The van der Waals surface area contributed by atoms with Crippen LogP contribution in [0.3, 0.4) is 0 Å². The van der Waals surface area contributed by atoms with Gasteiger partial charge in [-0.1, -0.05) is 80.3 Å². The maximum atomic E-state index is 7.32. The molecule has 0 radical (unpaired) electrons. The molecule has 2 aromatic carbocycles. The Labute approximate surface area is 197 Å². The zero-order chi connectivity index (χ0) is 23.0. The summed E-state index contributed by atoms with van der Waals surface area (Å²) in [7, 11) is 0. The van der Waals surface area contributed by atoms with Crippen LogP contribution in [0.5, 0.6) is 0 Å². The summed E-state index contributed by atoms with van der Waals surface area (Å²) in [5.41, 5.74) is 12.7. The smallest absolute Gasteiger partial charge is 0.109 e. The zero-order valence-corrected chi connectivity index (χ0v) is 19.3. The number of nitrogens with one attached hydrogen (secondary N) is 3. The van der Waals surface area contributed by atoms with Gasteiger partial charge in [-0.05, 0) is 48.2 Å². The van der Waals surface area contributed by atoms with Gasteiger partial charge in [-0.3, -0.25) is 4.98 Å². The summed E-state index contributed by atoms with van der Waals surface area (Å²) in [6.45, 7) is 2.88. The standard InChI is InChI=1S/C28H35N5/c29-33-28(26-16-12-20-31-22-26)23-32-19-11-4-2-1-3-10-18-30-21-25-15-8-9-17-27(25)24-13-6-5-7-14-24/h5-9,12-17,20,22-23,29-30,32H,1-4,10-11,18-19,21H2/b28-23-,33-29?. The van der Waals surface area contributed by atoms with E-state index in [2.05, 4.69) is 75.3 Å². The van der Waals surface area contributed by atoms with Crippen LogP contribution >= 0.6 is 0 Å². The third-order valence-corrected chi connectivity index (χ3v) is 5.66. The molecule has 3 aromatic rings. The number of pyridine rings is 1. The van der Waals surface area contributed by atoms with E-state index in [1.807, 2.05) is 18.3 Å². The minimum absolute atomic E-state index is 0.613. The number of nitrogens with zero attached hydrogens (tertiary/aromatic N) is 2. The molecule has 0 unspecified atom stereocenters. The van der Waals surface area contributed by atoms with Crippen LogP contribution in [-0.4, -0.2) is 18.1 Å². The fourth-order valence-corrected chi connectivity index (χ4v) is 3.84. The predicted molar refractivity (Wildman–Crippen MR) is 137 cm³/mol. The van der Waals surface area contributed by atoms with Gasteiger partial charge in [-0.15, -0.1) is 0 Å². The summed E-state index contributed by atoms with van der Waals surface area (Å²) in [5.74, 6) is 0. The highest BCUT2D eigenvalue weighted by atomic mass is 15.0. The van der Waals surface area contributed by atoms with Crippen molar-refractivity contribution in [3.05, 3.63) is 96.5 Å². The molecule has 0 aliphatic heterocycles. The molecule has 0 saturated carbocycles.